The minimum atomic E-state index is -1.26. The molecule has 4 saturated carbocycles. The first-order valence-corrected chi connectivity index (χ1v) is 11.2. The monoisotopic (exact) mass is 423 g/mol. The molecule has 0 saturated heterocycles. The summed E-state index contributed by atoms with van der Waals surface area (Å²) in [5.74, 6) is -0.157. The number of aliphatic hydroxyl groups is 2. The number of hydrogen-bond donors (Lipinski definition) is 5. The van der Waals surface area contributed by atoms with E-state index in [-0.39, 0.29) is 29.1 Å². The van der Waals surface area contributed by atoms with Gasteiger partial charge in [0.05, 0.1) is 12.2 Å². The van der Waals surface area contributed by atoms with Crippen LogP contribution in [-0.4, -0.2) is 50.6 Å². The minimum Gasteiger partial charge on any atom is -0.478 e. The Morgan fingerprint density at radius 1 is 0.833 bits per heavy atom. The van der Waals surface area contributed by atoms with Crippen LogP contribution in [0, 0.1) is 34.5 Å². The fourth-order valence-electron chi connectivity index (χ4n) is 7.45. The summed E-state index contributed by atoms with van der Waals surface area (Å²) in [5.41, 5.74) is 6.59. The highest BCUT2D eigenvalue weighted by Gasteiger charge is 2.61. The van der Waals surface area contributed by atoms with Gasteiger partial charge in [0.2, 0.25) is 0 Å². The van der Waals surface area contributed by atoms with Gasteiger partial charge in [-0.15, -0.1) is 0 Å². The van der Waals surface area contributed by atoms with Crippen LogP contribution in [-0.2, 0) is 9.59 Å². The van der Waals surface area contributed by atoms with Gasteiger partial charge in [-0.2, -0.15) is 0 Å². The Labute approximate surface area is 178 Å². The highest BCUT2D eigenvalue weighted by molar-refractivity contribution is 5.89. The number of hydrogen-bond acceptors (Lipinski definition) is 5. The van der Waals surface area contributed by atoms with Crippen LogP contribution < -0.4 is 5.73 Å². The van der Waals surface area contributed by atoms with E-state index >= 15 is 0 Å². The van der Waals surface area contributed by atoms with Crippen molar-refractivity contribution in [2.24, 2.45) is 40.2 Å². The van der Waals surface area contributed by atoms with E-state index in [1.54, 1.807) is 0 Å². The minimum absolute atomic E-state index is 0.106. The van der Waals surface area contributed by atoms with Crippen LogP contribution in [0.3, 0.4) is 0 Å². The second kappa shape index (κ2) is 8.60. The Hall–Kier alpha value is -1.44. The summed E-state index contributed by atoms with van der Waals surface area (Å²) < 4.78 is 0. The lowest BCUT2D eigenvalue weighted by Crippen LogP contribution is -2.59. The van der Waals surface area contributed by atoms with Crippen molar-refractivity contribution < 1.29 is 30.0 Å². The second-order valence-electron chi connectivity index (χ2n) is 10.5. The zero-order valence-electron chi connectivity index (χ0n) is 18.0. The molecule has 0 heterocycles. The molecule has 30 heavy (non-hydrogen) atoms. The molecule has 170 valence electrons. The zero-order valence-corrected chi connectivity index (χ0v) is 18.0. The maximum absolute atomic E-state index is 10.9. The molecule has 0 aromatic heterocycles. The Morgan fingerprint density at radius 3 is 2.00 bits per heavy atom. The summed E-state index contributed by atoms with van der Waals surface area (Å²) in [6.45, 7) is 4.75. The van der Waals surface area contributed by atoms with E-state index in [9.17, 15) is 19.8 Å². The fourth-order valence-corrected chi connectivity index (χ4v) is 7.45. The molecular weight excluding hydrogens is 386 g/mol. The first-order valence-electron chi connectivity index (χ1n) is 11.2. The van der Waals surface area contributed by atoms with Crippen molar-refractivity contribution in [1.29, 1.82) is 0 Å². The molecule has 0 aromatic carbocycles. The van der Waals surface area contributed by atoms with Crippen molar-refractivity contribution in [3.63, 3.8) is 0 Å². The molecule has 7 heteroatoms. The van der Waals surface area contributed by atoms with E-state index in [1.807, 2.05) is 0 Å². The van der Waals surface area contributed by atoms with E-state index in [4.69, 9.17) is 15.9 Å². The van der Waals surface area contributed by atoms with Gasteiger partial charge in [-0.3, -0.25) is 0 Å². The topological polar surface area (TPSA) is 141 Å². The number of rotatable bonds is 2. The van der Waals surface area contributed by atoms with Crippen LogP contribution in [0.4, 0.5) is 0 Å². The Balaban J connectivity index is 0.000000275. The summed E-state index contributed by atoms with van der Waals surface area (Å²) in [4.78, 5) is 19.1. The molecular formula is C23H37NO6. The first-order chi connectivity index (χ1) is 14.0. The standard InChI is InChI=1S/C19H33NO2.C4H4O4/c1-18-7-5-11(20)9-15(18)16(21)10-12-13-3-4-17(22)19(13,2)8-6-14(12)18;5-3(6)1-2-4(7)8/h11-17,21-22H,3-10,20H2,1-2H3;1-2H,(H,5,6)(H,7,8)/b;2-1+/t11-,12-,13-,14-,15?,16-,17-,18+,19-;/m0./s1. The summed E-state index contributed by atoms with van der Waals surface area (Å²) in [5, 5.41) is 37.0. The van der Waals surface area contributed by atoms with E-state index in [0.717, 1.165) is 38.0 Å². The van der Waals surface area contributed by atoms with Crippen molar-refractivity contribution in [3.8, 4) is 0 Å². The van der Waals surface area contributed by atoms with Crippen LogP contribution in [0.2, 0.25) is 0 Å². The molecule has 4 fully saturated rings. The highest BCUT2D eigenvalue weighted by Crippen LogP contribution is 2.66. The highest BCUT2D eigenvalue weighted by atomic mass is 16.4. The SMILES string of the molecule is C[C@]12CC[C@H]3[C@@H](C[C@H](O)C4C[C@@H](N)CC[C@@]43C)[C@@H]1CC[C@@H]2O.O=C(O)/C=C/C(=O)O. The third kappa shape index (κ3) is 4.16. The number of carbonyl (C=O) groups is 2. The average molecular weight is 424 g/mol. The van der Waals surface area contributed by atoms with Crippen LogP contribution in [0.5, 0.6) is 0 Å². The number of aliphatic hydroxyl groups excluding tert-OH is 2. The van der Waals surface area contributed by atoms with Crippen molar-refractivity contribution in [2.75, 3.05) is 0 Å². The van der Waals surface area contributed by atoms with Crippen LogP contribution in [0.15, 0.2) is 12.2 Å². The number of carboxylic acids is 2. The van der Waals surface area contributed by atoms with Gasteiger partial charge < -0.3 is 26.2 Å². The van der Waals surface area contributed by atoms with Crippen molar-refractivity contribution >= 4 is 11.9 Å². The Morgan fingerprint density at radius 2 is 1.40 bits per heavy atom. The van der Waals surface area contributed by atoms with E-state index < -0.39 is 11.9 Å². The molecule has 1 unspecified atom stereocenters. The van der Waals surface area contributed by atoms with Gasteiger partial charge in [0.15, 0.2) is 0 Å². The summed E-state index contributed by atoms with van der Waals surface area (Å²) in [7, 11) is 0. The molecule has 0 amide bonds. The fraction of sp³-hybridized carbons (Fsp3) is 0.826. The van der Waals surface area contributed by atoms with Crippen LogP contribution in [0.25, 0.3) is 0 Å². The molecule has 0 radical (unpaired) electrons. The molecule has 0 spiro atoms. The largest absolute Gasteiger partial charge is 0.478 e. The smallest absolute Gasteiger partial charge is 0.328 e. The molecule has 9 atom stereocenters. The average Bonchev–Trinajstić information content (AvgIpc) is 2.97. The van der Waals surface area contributed by atoms with Gasteiger partial charge in [0.1, 0.15) is 0 Å². The molecule has 0 bridgehead atoms. The predicted molar refractivity (Wildman–Crippen MR) is 112 cm³/mol. The molecule has 6 N–H and O–H groups in total. The van der Waals surface area contributed by atoms with Gasteiger partial charge in [0, 0.05) is 18.2 Å². The number of carboxylic acid groups (broad SMARTS) is 2. The number of fused-ring (bicyclic) bond motifs is 5. The van der Waals surface area contributed by atoms with Crippen LogP contribution in [0.1, 0.15) is 65.2 Å². The number of aliphatic carboxylic acids is 2. The number of nitrogens with two attached hydrogens (primary N) is 1. The summed E-state index contributed by atoms with van der Waals surface area (Å²) in [6, 6.07) is 0.284. The van der Waals surface area contributed by atoms with E-state index in [2.05, 4.69) is 13.8 Å². The van der Waals surface area contributed by atoms with E-state index in [1.165, 1.54) is 19.3 Å². The maximum Gasteiger partial charge on any atom is 0.328 e. The van der Waals surface area contributed by atoms with Crippen molar-refractivity contribution in [1.82, 2.24) is 0 Å². The Kier molecular flexibility index (Phi) is 6.65. The first kappa shape index (κ1) is 23.2. The molecule has 4 rings (SSSR count). The van der Waals surface area contributed by atoms with Crippen molar-refractivity contribution in [2.45, 2.75) is 83.5 Å². The lowest BCUT2D eigenvalue weighted by atomic mass is 9.44. The molecule has 4 aliphatic carbocycles. The van der Waals surface area contributed by atoms with Crippen molar-refractivity contribution in [3.05, 3.63) is 12.2 Å². The van der Waals surface area contributed by atoms with Gasteiger partial charge >= 0.3 is 11.9 Å². The third-order valence-corrected chi connectivity index (χ3v) is 9.04. The molecule has 4 aliphatic rings. The van der Waals surface area contributed by atoms with Gasteiger partial charge in [-0.05, 0) is 85.9 Å². The van der Waals surface area contributed by atoms with Gasteiger partial charge in [-0.1, -0.05) is 13.8 Å². The van der Waals surface area contributed by atoms with Gasteiger partial charge in [-0.25, -0.2) is 9.59 Å². The summed E-state index contributed by atoms with van der Waals surface area (Å²) in [6.07, 6.45) is 9.60. The van der Waals surface area contributed by atoms with E-state index in [0.29, 0.717) is 29.9 Å². The lowest BCUT2D eigenvalue weighted by Gasteiger charge is -2.62. The zero-order chi connectivity index (χ0) is 22.3. The summed E-state index contributed by atoms with van der Waals surface area (Å²) >= 11 is 0. The third-order valence-electron chi connectivity index (χ3n) is 9.04. The molecule has 7 nitrogen and oxygen atoms in total. The Bertz CT molecular complexity index is 679. The second-order valence-corrected chi connectivity index (χ2v) is 10.5. The molecule has 0 aliphatic heterocycles. The lowest BCUT2D eigenvalue weighted by molar-refractivity contribution is -0.164. The molecule has 0 aromatic rings. The maximum atomic E-state index is 10.9. The predicted octanol–water partition coefficient (Wildman–Crippen LogP) is 2.40. The van der Waals surface area contributed by atoms with Gasteiger partial charge in [0.25, 0.3) is 0 Å². The quantitative estimate of drug-likeness (QED) is 0.429. The normalized spacial score (nSPS) is 47.4. The van der Waals surface area contributed by atoms with Crippen LogP contribution >= 0.6 is 0 Å².